The van der Waals surface area contributed by atoms with E-state index in [9.17, 15) is 4.79 Å². The van der Waals surface area contributed by atoms with Crippen LogP contribution in [0, 0.1) is 0 Å². The quantitative estimate of drug-likeness (QED) is 0.570. The normalized spacial score (nSPS) is 10.6. The number of carbonyl (C=O) groups excluding carboxylic acids is 1. The van der Waals surface area contributed by atoms with E-state index in [4.69, 9.17) is 5.73 Å². The van der Waals surface area contributed by atoms with Crippen molar-refractivity contribution < 1.29 is 4.79 Å². The van der Waals surface area contributed by atoms with Crippen molar-refractivity contribution in [2.24, 2.45) is 7.05 Å². The van der Waals surface area contributed by atoms with E-state index in [-0.39, 0.29) is 5.78 Å². The first-order chi connectivity index (χ1) is 7.66. The van der Waals surface area contributed by atoms with Crippen molar-refractivity contribution in [1.82, 2.24) is 9.78 Å². The number of nitrogens with zero attached hydrogens (tertiary/aromatic N) is 2. The minimum absolute atomic E-state index is 0.113. The van der Waals surface area contributed by atoms with Crippen molar-refractivity contribution in [3.05, 3.63) is 11.8 Å². The van der Waals surface area contributed by atoms with E-state index in [1.54, 1.807) is 13.2 Å². The highest BCUT2D eigenvalue weighted by Gasteiger charge is 2.12. The lowest BCUT2D eigenvalue weighted by atomic mass is 10.1. The second-order valence-electron chi connectivity index (χ2n) is 4.15. The van der Waals surface area contributed by atoms with Crippen LogP contribution in [-0.2, 0) is 7.05 Å². The maximum Gasteiger partial charge on any atom is 0.168 e. The number of unbranched alkanes of at least 4 members (excludes halogenated alkanes) is 4. The highest BCUT2D eigenvalue weighted by molar-refractivity contribution is 5.99. The van der Waals surface area contributed by atoms with Gasteiger partial charge in [0, 0.05) is 13.5 Å². The molecule has 1 aromatic heterocycles. The highest BCUT2D eigenvalue weighted by Crippen LogP contribution is 2.14. The molecule has 0 aliphatic carbocycles. The van der Waals surface area contributed by atoms with Crippen molar-refractivity contribution in [2.75, 3.05) is 5.73 Å². The summed E-state index contributed by atoms with van der Waals surface area (Å²) >= 11 is 0. The van der Waals surface area contributed by atoms with E-state index in [1.807, 2.05) is 0 Å². The molecule has 4 nitrogen and oxygen atoms in total. The van der Waals surface area contributed by atoms with Gasteiger partial charge < -0.3 is 5.73 Å². The number of hydrogen-bond acceptors (Lipinski definition) is 3. The van der Waals surface area contributed by atoms with Gasteiger partial charge >= 0.3 is 0 Å². The first-order valence-electron chi connectivity index (χ1n) is 5.97. The summed E-state index contributed by atoms with van der Waals surface area (Å²) in [5, 5.41) is 3.97. The van der Waals surface area contributed by atoms with Gasteiger partial charge in [0.25, 0.3) is 0 Å². The zero-order valence-electron chi connectivity index (χ0n) is 10.2. The SMILES string of the molecule is CCCCCCCC(=O)c1cnn(C)c1N. The summed E-state index contributed by atoms with van der Waals surface area (Å²) < 4.78 is 1.53. The molecule has 0 saturated carbocycles. The van der Waals surface area contributed by atoms with Crippen LogP contribution in [0.4, 0.5) is 5.82 Å². The molecule has 90 valence electrons. The van der Waals surface area contributed by atoms with Gasteiger partial charge in [-0.1, -0.05) is 32.6 Å². The number of Topliss-reactive ketones (excluding diaryl/α,β-unsaturated/α-hetero) is 1. The summed E-state index contributed by atoms with van der Waals surface area (Å²) in [6.07, 6.45) is 7.91. The monoisotopic (exact) mass is 223 g/mol. The molecular formula is C12H21N3O. The molecule has 16 heavy (non-hydrogen) atoms. The van der Waals surface area contributed by atoms with Crippen LogP contribution < -0.4 is 5.73 Å². The standard InChI is InChI=1S/C12H21N3O/c1-3-4-5-6-7-8-11(16)10-9-14-15(2)12(10)13/h9H,3-8,13H2,1-2H3. The molecule has 0 aromatic carbocycles. The lowest BCUT2D eigenvalue weighted by Gasteiger charge is -2.00. The van der Waals surface area contributed by atoms with Gasteiger partial charge in [-0.3, -0.25) is 9.48 Å². The van der Waals surface area contributed by atoms with Crippen LogP contribution >= 0.6 is 0 Å². The molecule has 0 aliphatic rings. The summed E-state index contributed by atoms with van der Waals surface area (Å²) in [5.74, 6) is 0.584. The van der Waals surface area contributed by atoms with Gasteiger partial charge in [0.2, 0.25) is 0 Å². The molecule has 0 atom stereocenters. The van der Waals surface area contributed by atoms with E-state index >= 15 is 0 Å². The van der Waals surface area contributed by atoms with E-state index in [2.05, 4.69) is 12.0 Å². The molecule has 1 aromatic rings. The molecule has 1 heterocycles. The number of ketones is 1. The minimum Gasteiger partial charge on any atom is -0.383 e. The molecule has 0 saturated heterocycles. The van der Waals surface area contributed by atoms with Crippen molar-refractivity contribution in [3.63, 3.8) is 0 Å². The predicted molar refractivity (Wildman–Crippen MR) is 65.3 cm³/mol. The Labute approximate surface area is 96.8 Å². The van der Waals surface area contributed by atoms with Gasteiger partial charge in [0.05, 0.1) is 11.8 Å². The Bertz CT molecular complexity index is 344. The van der Waals surface area contributed by atoms with Crippen molar-refractivity contribution in [3.8, 4) is 0 Å². The smallest absolute Gasteiger partial charge is 0.168 e. The van der Waals surface area contributed by atoms with Gasteiger partial charge in [0.15, 0.2) is 5.78 Å². The fraction of sp³-hybridized carbons (Fsp3) is 0.667. The van der Waals surface area contributed by atoms with Crippen LogP contribution in [0.15, 0.2) is 6.20 Å². The van der Waals surface area contributed by atoms with Gasteiger partial charge in [-0.2, -0.15) is 5.10 Å². The first-order valence-corrected chi connectivity index (χ1v) is 5.97. The second kappa shape index (κ2) is 6.30. The first kappa shape index (κ1) is 12.7. The Morgan fingerprint density at radius 1 is 1.38 bits per heavy atom. The van der Waals surface area contributed by atoms with Crippen LogP contribution in [0.25, 0.3) is 0 Å². The molecule has 0 spiro atoms. The minimum atomic E-state index is 0.113. The lowest BCUT2D eigenvalue weighted by Crippen LogP contribution is -2.04. The molecule has 2 N–H and O–H groups in total. The van der Waals surface area contributed by atoms with Crippen LogP contribution in [0.3, 0.4) is 0 Å². The third kappa shape index (κ3) is 3.36. The van der Waals surface area contributed by atoms with Gasteiger partial charge in [-0.15, -0.1) is 0 Å². The van der Waals surface area contributed by atoms with E-state index in [0.29, 0.717) is 17.8 Å². The Hall–Kier alpha value is -1.32. The maximum atomic E-state index is 11.8. The van der Waals surface area contributed by atoms with Crippen LogP contribution in [-0.4, -0.2) is 15.6 Å². The molecule has 0 fully saturated rings. The number of hydrogen-bond donors (Lipinski definition) is 1. The fourth-order valence-corrected chi connectivity index (χ4v) is 1.69. The summed E-state index contributed by atoms with van der Waals surface area (Å²) in [7, 11) is 1.74. The average molecular weight is 223 g/mol. The molecular weight excluding hydrogens is 202 g/mol. The van der Waals surface area contributed by atoms with Crippen LogP contribution in [0.1, 0.15) is 55.8 Å². The Kier molecular flexibility index (Phi) is 5.02. The summed E-state index contributed by atoms with van der Waals surface area (Å²) in [5.41, 5.74) is 6.30. The Morgan fingerprint density at radius 3 is 2.62 bits per heavy atom. The largest absolute Gasteiger partial charge is 0.383 e. The maximum absolute atomic E-state index is 11.8. The number of nitrogens with two attached hydrogens (primary N) is 1. The van der Waals surface area contributed by atoms with E-state index in [0.717, 1.165) is 12.8 Å². The number of aryl methyl sites for hydroxylation is 1. The Morgan fingerprint density at radius 2 is 2.06 bits per heavy atom. The molecule has 0 radical (unpaired) electrons. The molecule has 4 heteroatoms. The zero-order chi connectivity index (χ0) is 12.0. The van der Waals surface area contributed by atoms with Gasteiger partial charge in [-0.25, -0.2) is 0 Å². The molecule has 0 aliphatic heterocycles. The molecule has 0 bridgehead atoms. The molecule has 0 unspecified atom stereocenters. The number of nitrogen functional groups attached to an aromatic ring is 1. The molecule has 0 amide bonds. The molecule has 1 rings (SSSR count). The van der Waals surface area contributed by atoms with E-state index < -0.39 is 0 Å². The number of rotatable bonds is 7. The second-order valence-corrected chi connectivity index (χ2v) is 4.15. The summed E-state index contributed by atoms with van der Waals surface area (Å²) in [4.78, 5) is 11.8. The van der Waals surface area contributed by atoms with E-state index in [1.165, 1.54) is 23.9 Å². The highest BCUT2D eigenvalue weighted by atomic mass is 16.1. The number of anilines is 1. The zero-order valence-corrected chi connectivity index (χ0v) is 10.2. The third-order valence-electron chi connectivity index (χ3n) is 2.79. The van der Waals surface area contributed by atoms with Gasteiger partial charge in [-0.05, 0) is 6.42 Å². The Balaban J connectivity index is 2.33. The van der Waals surface area contributed by atoms with Crippen molar-refractivity contribution in [1.29, 1.82) is 0 Å². The van der Waals surface area contributed by atoms with Gasteiger partial charge in [0.1, 0.15) is 5.82 Å². The summed E-state index contributed by atoms with van der Waals surface area (Å²) in [6, 6.07) is 0. The topological polar surface area (TPSA) is 60.9 Å². The van der Waals surface area contributed by atoms with Crippen molar-refractivity contribution >= 4 is 11.6 Å². The van der Waals surface area contributed by atoms with Crippen molar-refractivity contribution in [2.45, 2.75) is 45.4 Å². The lowest BCUT2D eigenvalue weighted by molar-refractivity contribution is 0.0980. The number of aromatic nitrogens is 2. The van der Waals surface area contributed by atoms with Crippen LogP contribution in [0.2, 0.25) is 0 Å². The fourth-order valence-electron chi connectivity index (χ4n) is 1.69. The third-order valence-corrected chi connectivity index (χ3v) is 2.79. The number of carbonyl (C=O) groups is 1. The summed E-state index contributed by atoms with van der Waals surface area (Å²) in [6.45, 7) is 2.18. The average Bonchev–Trinajstić information content (AvgIpc) is 2.59. The predicted octanol–water partition coefficient (Wildman–Crippen LogP) is 2.55. The van der Waals surface area contributed by atoms with Crippen LogP contribution in [0.5, 0.6) is 0 Å².